The maximum atomic E-state index is 4.41. The van der Waals surface area contributed by atoms with Crippen molar-refractivity contribution in [3.05, 3.63) is 48.2 Å². The molecule has 5 nitrogen and oxygen atoms in total. The van der Waals surface area contributed by atoms with E-state index in [2.05, 4.69) is 31.2 Å². The van der Waals surface area contributed by atoms with Crippen LogP contribution in [0.2, 0.25) is 0 Å². The van der Waals surface area contributed by atoms with Crippen molar-refractivity contribution in [2.45, 2.75) is 32.4 Å². The van der Waals surface area contributed by atoms with Crippen molar-refractivity contribution in [3.8, 4) is 0 Å². The molecule has 2 aromatic rings. The van der Waals surface area contributed by atoms with Gasteiger partial charge in [0, 0.05) is 44.3 Å². The van der Waals surface area contributed by atoms with Crippen LogP contribution in [0.1, 0.15) is 24.2 Å². The first-order valence-electron chi connectivity index (χ1n) is 7.47. The summed E-state index contributed by atoms with van der Waals surface area (Å²) in [7, 11) is 0. The summed E-state index contributed by atoms with van der Waals surface area (Å²) in [5.74, 6) is 1.75. The standard InChI is InChI=1S/C16H21N5/c1-13-18-8-4-16(19-13)20-15-5-9-21(10-6-15)12-14-3-2-7-17-11-14/h2-4,7-8,11,15H,5-6,9-10,12H2,1H3,(H,18,19,20). The Hall–Kier alpha value is -2.01. The molecule has 110 valence electrons. The highest BCUT2D eigenvalue weighted by Gasteiger charge is 2.19. The van der Waals surface area contributed by atoms with Gasteiger partial charge in [0.2, 0.25) is 0 Å². The second-order valence-corrected chi connectivity index (χ2v) is 5.55. The Morgan fingerprint density at radius 1 is 1.24 bits per heavy atom. The third kappa shape index (κ3) is 3.98. The minimum Gasteiger partial charge on any atom is -0.367 e. The summed E-state index contributed by atoms with van der Waals surface area (Å²) in [5, 5.41) is 3.52. The Labute approximate surface area is 125 Å². The molecule has 0 aliphatic carbocycles. The van der Waals surface area contributed by atoms with Crippen molar-refractivity contribution < 1.29 is 0 Å². The molecular formula is C16H21N5. The molecule has 5 heteroatoms. The minimum atomic E-state index is 0.504. The Morgan fingerprint density at radius 2 is 2.10 bits per heavy atom. The van der Waals surface area contributed by atoms with Crippen LogP contribution in [-0.2, 0) is 6.54 Å². The maximum Gasteiger partial charge on any atom is 0.129 e. The van der Waals surface area contributed by atoms with Crippen LogP contribution in [0.4, 0.5) is 5.82 Å². The molecule has 1 aliphatic heterocycles. The summed E-state index contributed by atoms with van der Waals surface area (Å²) in [4.78, 5) is 15.2. The normalized spacial score (nSPS) is 16.8. The third-order valence-corrected chi connectivity index (χ3v) is 3.84. The van der Waals surface area contributed by atoms with Gasteiger partial charge in [-0.3, -0.25) is 9.88 Å². The number of nitrogens with one attached hydrogen (secondary N) is 1. The highest BCUT2D eigenvalue weighted by Crippen LogP contribution is 2.16. The Bertz CT molecular complexity index is 564. The zero-order chi connectivity index (χ0) is 14.5. The molecule has 0 bridgehead atoms. The van der Waals surface area contributed by atoms with Crippen molar-refractivity contribution in [1.29, 1.82) is 0 Å². The van der Waals surface area contributed by atoms with Crippen LogP contribution in [0, 0.1) is 6.92 Å². The van der Waals surface area contributed by atoms with Crippen LogP contribution in [0.15, 0.2) is 36.8 Å². The van der Waals surface area contributed by atoms with Crippen LogP contribution < -0.4 is 5.32 Å². The SMILES string of the molecule is Cc1nccc(NC2CCN(Cc3cccnc3)CC2)n1. The number of aromatic nitrogens is 3. The molecule has 0 spiro atoms. The molecule has 0 atom stereocenters. The molecule has 1 aliphatic rings. The first-order chi connectivity index (χ1) is 10.3. The molecule has 1 N–H and O–H groups in total. The van der Waals surface area contributed by atoms with E-state index in [4.69, 9.17) is 0 Å². The van der Waals surface area contributed by atoms with Crippen LogP contribution in [0.25, 0.3) is 0 Å². The summed E-state index contributed by atoms with van der Waals surface area (Å²) in [6, 6.07) is 6.58. The van der Waals surface area contributed by atoms with E-state index in [0.29, 0.717) is 6.04 Å². The number of likely N-dealkylation sites (tertiary alicyclic amines) is 1. The number of hydrogen-bond acceptors (Lipinski definition) is 5. The monoisotopic (exact) mass is 283 g/mol. The molecule has 0 radical (unpaired) electrons. The topological polar surface area (TPSA) is 53.9 Å². The van der Waals surface area contributed by atoms with E-state index in [1.807, 2.05) is 37.6 Å². The largest absolute Gasteiger partial charge is 0.367 e. The third-order valence-electron chi connectivity index (χ3n) is 3.84. The highest BCUT2D eigenvalue weighted by molar-refractivity contribution is 5.34. The molecule has 1 saturated heterocycles. The number of pyridine rings is 1. The number of nitrogens with zero attached hydrogens (tertiary/aromatic N) is 4. The van der Waals surface area contributed by atoms with E-state index in [0.717, 1.165) is 44.1 Å². The summed E-state index contributed by atoms with van der Waals surface area (Å²) < 4.78 is 0. The quantitative estimate of drug-likeness (QED) is 0.932. The first kappa shape index (κ1) is 13.9. The lowest BCUT2D eigenvalue weighted by molar-refractivity contribution is 0.211. The van der Waals surface area contributed by atoms with Gasteiger partial charge >= 0.3 is 0 Å². The highest BCUT2D eigenvalue weighted by atomic mass is 15.1. The van der Waals surface area contributed by atoms with E-state index in [-0.39, 0.29) is 0 Å². The summed E-state index contributed by atoms with van der Waals surface area (Å²) in [6.07, 6.45) is 7.87. The number of piperidine rings is 1. The van der Waals surface area contributed by atoms with Crippen molar-refractivity contribution in [1.82, 2.24) is 19.9 Å². The van der Waals surface area contributed by atoms with E-state index >= 15 is 0 Å². The molecule has 1 fully saturated rings. The first-order valence-corrected chi connectivity index (χ1v) is 7.47. The molecule has 21 heavy (non-hydrogen) atoms. The summed E-state index contributed by atoms with van der Waals surface area (Å²) in [6.45, 7) is 5.13. The lowest BCUT2D eigenvalue weighted by Gasteiger charge is -2.32. The van der Waals surface area contributed by atoms with Gasteiger partial charge in [0.15, 0.2) is 0 Å². The lowest BCUT2D eigenvalue weighted by Crippen LogP contribution is -2.38. The second kappa shape index (κ2) is 6.63. The predicted molar refractivity (Wildman–Crippen MR) is 82.9 cm³/mol. The summed E-state index contributed by atoms with van der Waals surface area (Å²) >= 11 is 0. The second-order valence-electron chi connectivity index (χ2n) is 5.55. The van der Waals surface area contributed by atoms with E-state index in [1.54, 1.807) is 0 Å². The Morgan fingerprint density at radius 3 is 2.81 bits per heavy atom. The van der Waals surface area contributed by atoms with Gasteiger partial charge in [0.05, 0.1) is 0 Å². The molecule has 0 aromatic carbocycles. The van der Waals surface area contributed by atoms with E-state index in [9.17, 15) is 0 Å². The van der Waals surface area contributed by atoms with E-state index < -0.39 is 0 Å². The molecular weight excluding hydrogens is 262 g/mol. The smallest absolute Gasteiger partial charge is 0.129 e. The Balaban J connectivity index is 1.49. The molecule has 0 unspecified atom stereocenters. The Kier molecular flexibility index (Phi) is 4.40. The van der Waals surface area contributed by atoms with Gasteiger partial charge in [-0.05, 0) is 37.5 Å². The van der Waals surface area contributed by atoms with Gasteiger partial charge in [0.1, 0.15) is 11.6 Å². The summed E-state index contributed by atoms with van der Waals surface area (Å²) in [5.41, 5.74) is 1.29. The zero-order valence-corrected chi connectivity index (χ0v) is 12.4. The van der Waals surface area contributed by atoms with Crippen LogP contribution in [0.5, 0.6) is 0 Å². The minimum absolute atomic E-state index is 0.504. The van der Waals surface area contributed by atoms with Gasteiger partial charge in [-0.15, -0.1) is 0 Å². The van der Waals surface area contributed by atoms with Crippen LogP contribution in [-0.4, -0.2) is 39.0 Å². The predicted octanol–water partition coefficient (Wildman–Crippen LogP) is 2.26. The van der Waals surface area contributed by atoms with Crippen LogP contribution >= 0.6 is 0 Å². The number of rotatable bonds is 4. The number of anilines is 1. The average molecular weight is 283 g/mol. The fourth-order valence-electron chi connectivity index (χ4n) is 2.73. The number of aryl methyl sites for hydroxylation is 1. The average Bonchev–Trinajstić information content (AvgIpc) is 2.50. The molecule has 0 amide bonds. The lowest BCUT2D eigenvalue weighted by atomic mass is 10.0. The van der Waals surface area contributed by atoms with Gasteiger partial charge in [-0.25, -0.2) is 9.97 Å². The molecule has 3 heterocycles. The maximum absolute atomic E-state index is 4.41. The fraction of sp³-hybridized carbons (Fsp3) is 0.438. The molecule has 0 saturated carbocycles. The van der Waals surface area contributed by atoms with Crippen molar-refractivity contribution in [2.75, 3.05) is 18.4 Å². The van der Waals surface area contributed by atoms with E-state index in [1.165, 1.54) is 5.56 Å². The van der Waals surface area contributed by atoms with Crippen molar-refractivity contribution >= 4 is 5.82 Å². The van der Waals surface area contributed by atoms with Gasteiger partial charge in [-0.1, -0.05) is 6.07 Å². The van der Waals surface area contributed by atoms with Crippen molar-refractivity contribution in [2.24, 2.45) is 0 Å². The van der Waals surface area contributed by atoms with Crippen molar-refractivity contribution in [3.63, 3.8) is 0 Å². The molecule has 2 aromatic heterocycles. The number of hydrogen-bond donors (Lipinski definition) is 1. The van der Waals surface area contributed by atoms with Gasteiger partial charge in [-0.2, -0.15) is 0 Å². The fourth-order valence-corrected chi connectivity index (χ4v) is 2.73. The zero-order valence-electron chi connectivity index (χ0n) is 12.4. The molecule has 3 rings (SSSR count). The van der Waals surface area contributed by atoms with Crippen LogP contribution in [0.3, 0.4) is 0 Å². The van der Waals surface area contributed by atoms with Gasteiger partial charge in [0.25, 0.3) is 0 Å². The van der Waals surface area contributed by atoms with Gasteiger partial charge < -0.3 is 5.32 Å².